The second-order valence-corrected chi connectivity index (χ2v) is 5.34. The first-order valence-electron chi connectivity index (χ1n) is 6.68. The first kappa shape index (κ1) is 14.5. The normalized spacial score (nSPS) is 24.9. The monoisotopic (exact) mass is 277 g/mol. The van der Waals surface area contributed by atoms with E-state index in [9.17, 15) is 14.7 Å². The largest absolute Gasteiger partial charge is 0.481 e. The predicted octanol–water partition coefficient (Wildman–Crippen LogP) is 1.12. The van der Waals surface area contributed by atoms with Gasteiger partial charge in [-0.05, 0) is 19.4 Å². The summed E-state index contributed by atoms with van der Waals surface area (Å²) < 4.78 is 0. The van der Waals surface area contributed by atoms with Crippen molar-refractivity contribution in [2.75, 3.05) is 0 Å². The molecule has 20 heavy (non-hydrogen) atoms. The van der Waals surface area contributed by atoms with Crippen LogP contribution in [-0.2, 0) is 16.1 Å². The summed E-state index contributed by atoms with van der Waals surface area (Å²) in [6.07, 6.45) is -0.832. The maximum Gasteiger partial charge on any atom is 0.308 e. The molecular weight excluding hydrogens is 258 g/mol. The van der Waals surface area contributed by atoms with Crippen molar-refractivity contribution in [1.82, 2.24) is 4.90 Å². The van der Waals surface area contributed by atoms with Gasteiger partial charge in [-0.25, -0.2) is 0 Å². The number of β-lactam (4-membered cyclic amide) rings is 1. The number of carbonyl (C=O) groups excluding carboxylic acids is 1. The highest BCUT2D eigenvalue weighted by molar-refractivity contribution is 5.88. The van der Waals surface area contributed by atoms with Crippen molar-refractivity contribution in [2.45, 2.75) is 32.5 Å². The molecule has 108 valence electrons. The number of likely N-dealkylation sites (tertiary alicyclic amines) is 1. The number of aliphatic carboxylic acids is 1. The molecule has 2 N–H and O–H groups in total. The van der Waals surface area contributed by atoms with E-state index in [0.29, 0.717) is 6.54 Å². The van der Waals surface area contributed by atoms with Crippen LogP contribution in [0, 0.1) is 11.8 Å². The third-order valence-electron chi connectivity index (χ3n) is 3.91. The Morgan fingerprint density at radius 3 is 2.40 bits per heavy atom. The first-order valence-corrected chi connectivity index (χ1v) is 6.68. The number of hydrogen-bond donors (Lipinski definition) is 2. The SMILES string of the molecule is CC(C(=O)O)[C@@H]1[C@@H]([C@@H](C)O)C(=O)N1Cc1ccccc1. The smallest absolute Gasteiger partial charge is 0.308 e. The molecule has 1 amide bonds. The maximum atomic E-state index is 12.1. The van der Waals surface area contributed by atoms with Gasteiger partial charge in [-0.15, -0.1) is 0 Å². The average Bonchev–Trinajstić information content (AvgIpc) is 2.41. The van der Waals surface area contributed by atoms with Gasteiger partial charge in [0.2, 0.25) is 5.91 Å². The summed E-state index contributed by atoms with van der Waals surface area (Å²) in [6.45, 7) is 3.49. The summed E-state index contributed by atoms with van der Waals surface area (Å²) in [7, 11) is 0. The van der Waals surface area contributed by atoms with Crippen molar-refractivity contribution in [2.24, 2.45) is 11.8 Å². The fourth-order valence-electron chi connectivity index (χ4n) is 2.78. The van der Waals surface area contributed by atoms with Gasteiger partial charge in [0.25, 0.3) is 0 Å². The van der Waals surface area contributed by atoms with Crippen LogP contribution < -0.4 is 0 Å². The van der Waals surface area contributed by atoms with Crippen molar-refractivity contribution in [3.05, 3.63) is 35.9 Å². The minimum absolute atomic E-state index is 0.179. The van der Waals surface area contributed by atoms with Gasteiger partial charge in [0.05, 0.1) is 24.0 Å². The lowest BCUT2D eigenvalue weighted by molar-refractivity contribution is -0.174. The lowest BCUT2D eigenvalue weighted by Crippen LogP contribution is -2.66. The number of amides is 1. The van der Waals surface area contributed by atoms with Crippen molar-refractivity contribution >= 4 is 11.9 Å². The fraction of sp³-hybridized carbons (Fsp3) is 0.467. The van der Waals surface area contributed by atoms with Crippen LogP contribution in [-0.4, -0.2) is 39.1 Å². The van der Waals surface area contributed by atoms with Gasteiger partial charge in [0, 0.05) is 6.54 Å². The van der Waals surface area contributed by atoms with Crippen LogP contribution in [0.2, 0.25) is 0 Å². The summed E-state index contributed by atoms with van der Waals surface area (Å²) in [6, 6.07) is 8.97. The standard InChI is InChI=1S/C15H19NO4/c1-9(15(19)20)13-12(10(2)17)14(18)16(13)8-11-6-4-3-5-7-11/h3-7,9-10,12-13,17H,8H2,1-2H3,(H,19,20)/t9?,10-,12-,13-/m1/s1. The molecule has 1 fully saturated rings. The van der Waals surface area contributed by atoms with Gasteiger partial charge < -0.3 is 15.1 Å². The van der Waals surface area contributed by atoms with E-state index in [1.165, 1.54) is 6.92 Å². The van der Waals surface area contributed by atoms with Crippen molar-refractivity contribution in [1.29, 1.82) is 0 Å². The summed E-state index contributed by atoms with van der Waals surface area (Å²) in [5.41, 5.74) is 0.951. The number of rotatable bonds is 5. The molecule has 1 aliphatic rings. The molecule has 0 radical (unpaired) electrons. The molecular formula is C15H19NO4. The number of carboxylic acid groups (broad SMARTS) is 1. The molecule has 0 aliphatic carbocycles. The maximum absolute atomic E-state index is 12.1. The zero-order valence-electron chi connectivity index (χ0n) is 11.6. The lowest BCUT2D eigenvalue weighted by atomic mass is 9.76. The highest BCUT2D eigenvalue weighted by Crippen LogP contribution is 2.36. The highest BCUT2D eigenvalue weighted by atomic mass is 16.4. The summed E-state index contributed by atoms with van der Waals surface area (Å²) in [5.74, 6) is -2.45. The minimum atomic E-state index is -0.953. The summed E-state index contributed by atoms with van der Waals surface area (Å²) in [5, 5.41) is 18.9. The van der Waals surface area contributed by atoms with E-state index in [-0.39, 0.29) is 5.91 Å². The number of hydrogen-bond acceptors (Lipinski definition) is 3. The van der Waals surface area contributed by atoms with E-state index in [2.05, 4.69) is 0 Å². The molecule has 1 aromatic carbocycles. The van der Waals surface area contributed by atoms with Gasteiger partial charge in [-0.2, -0.15) is 0 Å². The Morgan fingerprint density at radius 2 is 1.90 bits per heavy atom. The fourth-order valence-corrected chi connectivity index (χ4v) is 2.78. The molecule has 4 atom stereocenters. The lowest BCUT2D eigenvalue weighted by Gasteiger charge is -2.50. The number of carboxylic acids is 1. The molecule has 1 saturated heterocycles. The number of aliphatic hydroxyl groups is 1. The Hall–Kier alpha value is -1.88. The Labute approximate surface area is 117 Å². The van der Waals surface area contributed by atoms with Gasteiger partial charge in [0.1, 0.15) is 0 Å². The van der Waals surface area contributed by atoms with Crippen molar-refractivity contribution < 1.29 is 19.8 Å². The second-order valence-electron chi connectivity index (χ2n) is 5.34. The number of carbonyl (C=O) groups is 2. The van der Waals surface area contributed by atoms with Gasteiger partial charge in [0.15, 0.2) is 0 Å². The Morgan fingerprint density at radius 1 is 1.30 bits per heavy atom. The Balaban J connectivity index is 2.18. The number of aliphatic hydroxyl groups excluding tert-OH is 1. The molecule has 0 saturated carbocycles. The molecule has 2 rings (SSSR count). The van der Waals surface area contributed by atoms with Gasteiger partial charge in [-0.1, -0.05) is 30.3 Å². The van der Waals surface area contributed by atoms with E-state index in [1.54, 1.807) is 11.8 Å². The third-order valence-corrected chi connectivity index (χ3v) is 3.91. The van der Waals surface area contributed by atoms with Crippen LogP contribution in [0.1, 0.15) is 19.4 Å². The highest BCUT2D eigenvalue weighted by Gasteiger charge is 2.53. The van der Waals surface area contributed by atoms with Crippen LogP contribution in [0.25, 0.3) is 0 Å². The molecule has 0 spiro atoms. The van der Waals surface area contributed by atoms with Crippen molar-refractivity contribution in [3.8, 4) is 0 Å². The molecule has 1 aliphatic heterocycles. The molecule has 0 bridgehead atoms. The number of nitrogens with zero attached hydrogens (tertiary/aromatic N) is 1. The molecule has 1 unspecified atom stereocenters. The van der Waals surface area contributed by atoms with Crippen LogP contribution in [0.5, 0.6) is 0 Å². The van der Waals surface area contributed by atoms with E-state index < -0.39 is 30.0 Å². The van der Waals surface area contributed by atoms with E-state index in [4.69, 9.17) is 5.11 Å². The molecule has 5 heteroatoms. The average molecular weight is 277 g/mol. The second kappa shape index (κ2) is 5.63. The van der Waals surface area contributed by atoms with Crippen LogP contribution in [0.4, 0.5) is 0 Å². The molecule has 1 heterocycles. The van der Waals surface area contributed by atoms with E-state index in [0.717, 1.165) is 5.56 Å². The first-order chi connectivity index (χ1) is 9.43. The quantitative estimate of drug-likeness (QED) is 0.790. The summed E-state index contributed by atoms with van der Waals surface area (Å²) in [4.78, 5) is 24.9. The Kier molecular flexibility index (Phi) is 4.09. The zero-order chi connectivity index (χ0) is 14.9. The van der Waals surface area contributed by atoms with Crippen LogP contribution >= 0.6 is 0 Å². The molecule has 5 nitrogen and oxygen atoms in total. The summed E-state index contributed by atoms with van der Waals surface area (Å²) >= 11 is 0. The predicted molar refractivity (Wildman–Crippen MR) is 72.8 cm³/mol. The van der Waals surface area contributed by atoms with Gasteiger partial charge >= 0.3 is 5.97 Å². The van der Waals surface area contributed by atoms with E-state index in [1.807, 2.05) is 30.3 Å². The van der Waals surface area contributed by atoms with Crippen LogP contribution in [0.3, 0.4) is 0 Å². The Bertz CT molecular complexity index is 500. The zero-order valence-corrected chi connectivity index (χ0v) is 11.6. The third kappa shape index (κ3) is 2.54. The molecule has 0 aromatic heterocycles. The van der Waals surface area contributed by atoms with E-state index >= 15 is 0 Å². The topological polar surface area (TPSA) is 77.8 Å². The minimum Gasteiger partial charge on any atom is -0.481 e. The van der Waals surface area contributed by atoms with Gasteiger partial charge in [-0.3, -0.25) is 9.59 Å². The molecule has 1 aromatic rings. The number of benzene rings is 1. The van der Waals surface area contributed by atoms with Crippen LogP contribution in [0.15, 0.2) is 30.3 Å². The van der Waals surface area contributed by atoms with Crippen molar-refractivity contribution in [3.63, 3.8) is 0 Å².